The fourth-order valence-corrected chi connectivity index (χ4v) is 2.90. The van der Waals surface area contributed by atoms with E-state index in [-0.39, 0.29) is 18.2 Å². The molecule has 2 heterocycles. The Balaban J connectivity index is 1.97. The SMILES string of the molecule is CCC1CN(C2CCNCC2F)CC(CC)O1. The van der Waals surface area contributed by atoms with Gasteiger partial charge in [0.15, 0.2) is 0 Å². The van der Waals surface area contributed by atoms with Crippen molar-refractivity contribution in [1.29, 1.82) is 0 Å². The fraction of sp³-hybridized carbons (Fsp3) is 1.00. The number of nitrogens with zero attached hydrogens (tertiary/aromatic N) is 1. The van der Waals surface area contributed by atoms with Crippen molar-refractivity contribution < 1.29 is 9.13 Å². The maximum atomic E-state index is 13.9. The first-order valence-electron chi connectivity index (χ1n) is 6.98. The van der Waals surface area contributed by atoms with Crippen molar-refractivity contribution in [2.24, 2.45) is 0 Å². The van der Waals surface area contributed by atoms with E-state index in [2.05, 4.69) is 24.1 Å². The number of halogens is 1. The largest absolute Gasteiger partial charge is 0.372 e. The Morgan fingerprint density at radius 1 is 1.24 bits per heavy atom. The van der Waals surface area contributed by atoms with E-state index in [0.29, 0.717) is 6.54 Å². The lowest BCUT2D eigenvalue weighted by atomic mass is 10.00. The number of piperidine rings is 1. The standard InChI is InChI=1S/C13H25FN2O/c1-3-10-8-16(9-11(4-2)17-10)13-5-6-15-7-12(13)14/h10-13,15H,3-9H2,1-2H3. The zero-order valence-corrected chi connectivity index (χ0v) is 11.0. The molecule has 0 bridgehead atoms. The van der Waals surface area contributed by atoms with Gasteiger partial charge in [-0.2, -0.15) is 0 Å². The van der Waals surface area contributed by atoms with Crippen molar-refractivity contribution in [3.8, 4) is 0 Å². The number of hydrogen-bond donors (Lipinski definition) is 1. The normalized spacial score (nSPS) is 40.4. The highest BCUT2D eigenvalue weighted by Gasteiger charge is 2.35. The Labute approximate surface area is 104 Å². The molecule has 2 rings (SSSR count). The van der Waals surface area contributed by atoms with Gasteiger partial charge in [0.25, 0.3) is 0 Å². The van der Waals surface area contributed by atoms with Crippen LogP contribution in [0.5, 0.6) is 0 Å². The molecule has 3 nitrogen and oxygen atoms in total. The van der Waals surface area contributed by atoms with Crippen molar-refractivity contribution in [3.63, 3.8) is 0 Å². The molecule has 0 amide bonds. The predicted molar refractivity (Wildman–Crippen MR) is 67.0 cm³/mol. The fourth-order valence-electron chi connectivity index (χ4n) is 2.90. The summed E-state index contributed by atoms with van der Waals surface area (Å²) in [6, 6.07) is 0.100. The molecule has 0 aromatic carbocycles. The summed E-state index contributed by atoms with van der Waals surface area (Å²) in [4.78, 5) is 2.33. The second-order valence-electron chi connectivity index (χ2n) is 5.23. The van der Waals surface area contributed by atoms with Crippen molar-refractivity contribution in [3.05, 3.63) is 0 Å². The Hall–Kier alpha value is -0.190. The van der Waals surface area contributed by atoms with Crippen molar-refractivity contribution in [2.75, 3.05) is 26.2 Å². The van der Waals surface area contributed by atoms with Gasteiger partial charge in [-0.25, -0.2) is 4.39 Å². The van der Waals surface area contributed by atoms with Crippen LogP contribution in [0.25, 0.3) is 0 Å². The summed E-state index contributed by atoms with van der Waals surface area (Å²) in [6.07, 6.45) is 2.82. The highest BCUT2D eigenvalue weighted by molar-refractivity contribution is 4.89. The van der Waals surface area contributed by atoms with Crippen LogP contribution in [0.4, 0.5) is 4.39 Å². The zero-order chi connectivity index (χ0) is 12.3. The van der Waals surface area contributed by atoms with Crippen LogP contribution in [0.2, 0.25) is 0 Å². The molecule has 0 spiro atoms. The number of nitrogens with one attached hydrogen (secondary N) is 1. The molecule has 2 aliphatic rings. The second kappa shape index (κ2) is 6.12. The third-order valence-electron chi connectivity index (χ3n) is 4.01. The number of alkyl halides is 1. The first-order chi connectivity index (χ1) is 8.24. The summed E-state index contributed by atoms with van der Waals surface area (Å²) >= 11 is 0. The molecular formula is C13H25FN2O. The average Bonchev–Trinajstić information content (AvgIpc) is 2.38. The molecule has 4 atom stereocenters. The van der Waals surface area contributed by atoms with E-state index in [4.69, 9.17) is 4.74 Å². The summed E-state index contributed by atoms with van der Waals surface area (Å²) in [7, 11) is 0. The summed E-state index contributed by atoms with van der Waals surface area (Å²) in [5, 5.41) is 3.12. The van der Waals surface area contributed by atoms with E-state index in [9.17, 15) is 4.39 Å². The van der Waals surface area contributed by atoms with E-state index in [1.165, 1.54) is 0 Å². The maximum Gasteiger partial charge on any atom is 0.128 e. The molecule has 4 heteroatoms. The van der Waals surface area contributed by atoms with E-state index in [1.807, 2.05) is 0 Å². The Morgan fingerprint density at radius 3 is 2.41 bits per heavy atom. The maximum absolute atomic E-state index is 13.9. The quantitative estimate of drug-likeness (QED) is 0.815. The van der Waals surface area contributed by atoms with Gasteiger partial charge in [0, 0.05) is 25.7 Å². The average molecular weight is 244 g/mol. The van der Waals surface area contributed by atoms with E-state index < -0.39 is 6.17 Å². The Bertz CT molecular complexity index is 227. The Morgan fingerprint density at radius 2 is 1.88 bits per heavy atom. The van der Waals surface area contributed by atoms with Crippen LogP contribution in [0, 0.1) is 0 Å². The molecular weight excluding hydrogens is 219 g/mol. The van der Waals surface area contributed by atoms with Gasteiger partial charge in [-0.3, -0.25) is 4.90 Å². The highest BCUT2D eigenvalue weighted by Crippen LogP contribution is 2.23. The minimum atomic E-state index is -0.725. The molecule has 2 fully saturated rings. The Kier molecular flexibility index (Phi) is 4.77. The van der Waals surface area contributed by atoms with Gasteiger partial charge in [-0.15, -0.1) is 0 Å². The van der Waals surface area contributed by atoms with Gasteiger partial charge in [-0.05, 0) is 25.8 Å². The minimum Gasteiger partial charge on any atom is -0.372 e. The number of hydrogen-bond acceptors (Lipinski definition) is 3. The molecule has 0 radical (unpaired) electrons. The van der Waals surface area contributed by atoms with Gasteiger partial charge in [0.05, 0.1) is 12.2 Å². The summed E-state index contributed by atoms with van der Waals surface area (Å²) in [6.45, 7) is 7.55. The van der Waals surface area contributed by atoms with Crippen LogP contribution in [-0.2, 0) is 4.74 Å². The summed E-state index contributed by atoms with van der Waals surface area (Å²) in [5.41, 5.74) is 0. The molecule has 2 saturated heterocycles. The summed E-state index contributed by atoms with van der Waals surface area (Å²) in [5.74, 6) is 0. The lowest BCUT2D eigenvalue weighted by Crippen LogP contribution is -2.57. The molecule has 17 heavy (non-hydrogen) atoms. The van der Waals surface area contributed by atoms with Crippen LogP contribution in [0.1, 0.15) is 33.1 Å². The van der Waals surface area contributed by atoms with Crippen molar-refractivity contribution >= 4 is 0 Å². The number of rotatable bonds is 3. The number of morpholine rings is 1. The van der Waals surface area contributed by atoms with E-state index in [1.54, 1.807) is 0 Å². The molecule has 100 valence electrons. The molecule has 2 aliphatic heterocycles. The van der Waals surface area contributed by atoms with Crippen molar-refractivity contribution in [1.82, 2.24) is 10.2 Å². The van der Waals surface area contributed by atoms with Gasteiger partial charge < -0.3 is 10.1 Å². The predicted octanol–water partition coefficient (Wildman–Crippen LogP) is 1.58. The molecule has 0 aliphatic carbocycles. The first-order valence-corrected chi connectivity index (χ1v) is 6.98. The molecule has 4 unspecified atom stereocenters. The van der Waals surface area contributed by atoms with Gasteiger partial charge >= 0.3 is 0 Å². The molecule has 1 N–H and O–H groups in total. The van der Waals surface area contributed by atoms with Gasteiger partial charge in [-0.1, -0.05) is 13.8 Å². The zero-order valence-electron chi connectivity index (χ0n) is 11.0. The second-order valence-corrected chi connectivity index (χ2v) is 5.23. The van der Waals surface area contributed by atoms with Crippen LogP contribution >= 0.6 is 0 Å². The highest BCUT2D eigenvalue weighted by atomic mass is 19.1. The van der Waals surface area contributed by atoms with E-state index >= 15 is 0 Å². The lowest BCUT2D eigenvalue weighted by Gasteiger charge is -2.44. The third kappa shape index (κ3) is 3.18. The first kappa shape index (κ1) is 13.2. The van der Waals surface area contributed by atoms with Crippen LogP contribution in [-0.4, -0.2) is 55.5 Å². The van der Waals surface area contributed by atoms with Gasteiger partial charge in [0.2, 0.25) is 0 Å². The van der Waals surface area contributed by atoms with E-state index in [0.717, 1.165) is 38.9 Å². The van der Waals surface area contributed by atoms with Crippen LogP contribution < -0.4 is 5.32 Å². The summed E-state index contributed by atoms with van der Waals surface area (Å²) < 4.78 is 19.9. The molecule has 0 aromatic heterocycles. The van der Waals surface area contributed by atoms with Gasteiger partial charge in [0.1, 0.15) is 6.17 Å². The topological polar surface area (TPSA) is 24.5 Å². The lowest BCUT2D eigenvalue weighted by molar-refractivity contribution is -0.108. The molecule has 0 aromatic rings. The molecule has 0 saturated carbocycles. The third-order valence-corrected chi connectivity index (χ3v) is 4.01. The van der Waals surface area contributed by atoms with Crippen LogP contribution in [0.3, 0.4) is 0 Å². The van der Waals surface area contributed by atoms with Crippen molar-refractivity contribution in [2.45, 2.75) is 57.5 Å². The monoisotopic (exact) mass is 244 g/mol. The number of ether oxygens (including phenoxy) is 1. The smallest absolute Gasteiger partial charge is 0.128 e. The van der Waals surface area contributed by atoms with Crippen LogP contribution in [0.15, 0.2) is 0 Å². The minimum absolute atomic E-state index is 0.100.